The number of benzene rings is 1. The number of hydrogen-bond acceptors (Lipinski definition) is 1. The third kappa shape index (κ3) is 3.24. The fourth-order valence-corrected chi connectivity index (χ4v) is 2.77. The molecule has 0 amide bonds. The van der Waals surface area contributed by atoms with Crippen LogP contribution < -0.4 is 4.74 Å². The van der Waals surface area contributed by atoms with Gasteiger partial charge in [0.1, 0.15) is 5.75 Å². The Hall–Kier alpha value is -0.500. The molecule has 2 rings (SSSR count). The van der Waals surface area contributed by atoms with Crippen LogP contribution in [0.4, 0.5) is 0 Å². The van der Waals surface area contributed by atoms with E-state index in [0.717, 1.165) is 16.1 Å². The predicted octanol–water partition coefficient (Wildman–Crippen LogP) is 4.80. The molecule has 0 spiro atoms. The highest BCUT2D eigenvalue weighted by molar-refractivity contribution is 9.10. The molecule has 0 unspecified atom stereocenters. The molecular weight excluding hydrogens is 264 g/mol. The molecule has 1 nitrogen and oxygen atoms in total. The monoisotopic (exact) mass is 282 g/mol. The highest BCUT2D eigenvalue weighted by Gasteiger charge is 2.21. The second-order valence-corrected chi connectivity index (χ2v) is 5.54. The lowest BCUT2D eigenvalue weighted by atomic mass is 9.86. The summed E-state index contributed by atoms with van der Waals surface area (Å²) in [5.41, 5.74) is 0. The minimum absolute atomic E-state index is 0.428. The van der Waals surface area contributed by atoms with Crippen molar-refractivity contribution < 1.29 is 4.74 Å². The van der Waals surface area contributed by atoms with Gasteiger partial charge in [-0.3, -0.25) is 0 Å². The van der Waals surface area contributed by atoms with Crippen molar-refractivity contribution in [2.24, 2.45) is 5.92 Å². The van der Waals surface area contributed by atoms with Crippen LogP contribution in [0.5, 0.6) is 5.75 Å². The van der Waals surface area contributed by atoms with Crippen LogP contribution in [0.25, 0.3) is 0 Å². The van der Waals surface area contributed by atoms with Crippen molar-refractivity contribution in [3.05, 3.63) is 28.7 Å². The van der Waals surface area contributed by atoms with Gasteiger partial charge in [0.25, 0.3) is 0 Å². The lowest BCUT2D eigenvalue weighted by Crippen LogP contribution is -2.23. The summed E-state index contributed by atoms with van der Waals surface area (Å²) in [5, 5.41) is 0. The van der Waals surface area contributed by atoms with Gasteiger partial charge in [-0.15, -0.1) is 0 Å². The van der Waals surface area contributed by atoms with Crippen molar-refractivity contribution in [1.29, 1.82) is 0 Å². The molecule has 1 fully saturated rings. The van der Waals surface area contributed by atoms with Crippen LogP contribution in [0.1, 0.15) is 39.0 Å². The zero-order chi connectivity index (χ0) is 11.4. The maximum absolute atomic E-state index is 6.00. The lowest BCUT2D eigenvalue weighted by Gasteiger charge is -2.28. The van der Waals surface area contributed by atoms with Gasteiger partial charge in [0, 0.05) is 4.47 Å². The van der Waals surface area contributed by atoms with Gasteiger partial charge in [0.2, 0.25) is 0 Å². The van der Waals surface area contributed by atoms with Gasteiger partial charge in [-0.25, -0.2) is 0 Å². The summed E-state index contributed by atoms with van der Waals surface area (Å²) in [6.07, 6.45) is 6.83. The summed E-state index contributed by atoms with van der Waals surface area (Å²) < 4.78 is 7.09. The fourth-order valence-electron chi connectivity index (χ4n) is 2.39. The average molecular weight is 283 g/mol. The van der Waals surface area contributed by atoms with Crippen molar-refractivity contribution in [3.8, 4) is 5.75 Å². The first-order chi connectivity index (χ1) is 7.78. The third-order valence-electron chi connectivity index (χ3n) is 3.47. The quantitative estimate of drug-likeness (QED) is 0.774. The summed E-state index contributed by atoms with van der Waals surface area (Å²) in [6, 6.07) is 8.14. The summed E-state index contributed by atoms with van der Waals surface area (Å²) in [7, 11) is 0. The average Bonchev–Trinajstić information content (AvgIpc) is 2.30. The second kappa shape index (κ2) is 5.72. The first-order valence-corrected chi connectivity index (χ1v) is 6.99. The van der Waals surface area contributed by atoms with E-state index in [9.17, 15) is 0 Å². The van der Waals surface area contributed by atoms with E-state index < -0.39 is 0 Å². The Bertz CT molecular complexity index is 329. The Morgan fingerprint density at radius 1 is 1.25 bits per heavy atom. The zero-order valence-electron chi connectivity index (χ0n) is 9.79. The van der Waals surface area contributed by atoms with Crippen LogP contribution in [0, 0.1) is 5.92 Å². The maximum Gasteiger partial charge on any atom is 0.120 e. The van der Waals surface area contributed by atoms with Crippen molar-refractivity contribution in [2.75, 3.05) is 0 Å². The molecule has 16 heavy (non-hydrogen) atoms. The number of halogens is 1. The summed E-state index contributed by atoms with van der Waals surface area (Å²) in [5.74, 6) is 1.93. The summed E-state index contributed by atoms with van der Waals surface area (Å²) in [6.45, 7) is 2.29. The van der Waals surface area contributed by atoms with E-state index in [4.69, 9.17) is 4.74 Å². The van der Waals surface area contributed by atoms with E-state index in [0.29, 0.717) is 6.10 Å². The summed E-state index contributed by atoms with van der Waals surface area (Å²) >= 11 is 3.47. The summed E-state index contributed by atoms with van der Waals surface area (Å²) in [4.78, 5) is 0. The van der Waals surface area contributed by atoms with E-state index in [2.05, 4.69) is 22.9 Å². The Kier molecular flexibility index (Phi) is 4.28. The topological polar surface area (TPSA) is 9.23 Å². The Morgan fingerprint density at radius 2 is 2.00 bits per heavy atom. The van der Waals surface area contributed by atoms with Crippen molar-refractivity contribution >= 4 is 15.9 Å². The van der Waals surface area contributed by atoms with E-state index in [-0.39, 0.29) is 0 Å². The molecule has 0 atom stereocenters. The molecule has 1 saturated carbocycles. The van der Waals surface area contributed by atoms with Crippen LogP contribution >= 0.6 is 15.9 Å². The van der Waals surface area contributed by atoms with Gasteiger partial charge in [-0.2, -0.15) is 0 Å². The minimum Gasteiger partial charge on any atom is -0.490 e. The molecule has 1 aromatic carbocycles. The predicted molar refractivity (Wildman–Crippen MR) is 70.8 cm³/mol. The van der Waals surface area contributed by atoms with Crippen LogP contribution in [0.15, 0.2) is 28.7 Å². The second-order valence-electron chi connectivity index (χ2n) is 4.63. The maximum atomic E-state index is 6.00. The van der Waals surface area contributed by atoms with Crippen LogP contribution in [0.2, 0.25) is 0 Å². The van der Waals surface area contributed by atoms with Crippen LogP contribution in [0.3, 0.4) is 0 Å². The van der Waals surface area contributed by atoms with Crippen molar-refractivity contribution in [2.45, 2.75) is 45.1 Å². The van der Waals surface area contributed by atoms with E-state index in [1.165, 1.54) is 32.1 Å². The van der Waals surface area contributed by atoms with E-state index >= 15 is 0 Å². The minimum atomic E-state index is 0.428. The molecule has 0 bridgehead atoms. The molecule has 1 aliphatic rings. The smallest absolute Gasteiger partial charge is 0.120 e. The Labute approximate surface area is 106 Å². The third-order valence-corrected chi connectivity index (χ3v) is 3.96. The van der Waals surface area contributed by atoms with Gasteiger partial charge >= 0.3 is 0 Å². The Balaban J connectivity index is 1.87. The largest absolute Gasteiger partial charge is 0.490 e. The molecule has 0 N–H and O–H groups in total. The van der Waals surface area contributed by atoms with Gasteiger partial charge in [-0.05, 0) is 49.8 Å². The van der Waals surface area contributed by atoms with E-state index in [1.807, 2.05) is 24.3 Å². The molecule has 1 aliphatic carbocycles. The number of rotatable bonds is 3. The van der Waals surface area contributed by atoms with Gasteiger partial charge in [0.05, 0.1) is 6.10 Å². The molecule has 0 aromatic heterocycles. The van der Waals surface area contributed by atoms with Gasteiger partial charge < -0.3 is 4.74 Å². The molecule has 88 valence electrons. The molecule has 0 aliphatic heterocycles. The number of ether oxygens (including phenoxy) is 1. The molecular formula is C14H19BrO. The van der Waals surface area contributed by atoms with Crippen LogP contribution in [-0.2, 0) is 0 Å². The highest BCUT2D eigenvalue weighted by Crippen LogP contribution is 2.29. The van der Waals surface area contributed by atoms with Gasteiger partial charge in [0.15, 0.2) is 0 Å². The normalized spacial score (nSPS) is 25.4. The SMILES string of the molecule is CCC1CCC(Oc2cccc(Br)c2)CC1. The lowest BCUT2D eigenvalue weighted by molar-refractivity contribution is 0.130. The molecule has 2 heteroatoms. The first kappa shape index (κ1) is 12.0. The standard InChI is InChI=1S/C14H19BrO/c1-2-11-6-8-13(9-7-11)16-14-5-3-4-12(15)10-14/h3-5,10-11,13H,2,6-9H2,1H3. The molecule has 1 aromatic rings. The zero-order valence-corrected chi connectivity index (χ0v) is 11.4. The first-order valence-electron chi connectivity index (χ1n) is 6.20. The van der Waals surface area contributed by atoms with Crippen LogP contribution in [-0.4, -0.2) is 6.10 Å². The van der Waals surface area contributed by atoms with Crippen molar-refractivity contribution in [1.82, 2.24) is 0 Å². The highest BCUT2D eigenvalue weighted by atomic mass is 79.9. The Morgan fingerprint density at radius 3 is 2.62 bits per heavy atom. The number of hydrogen-bond donors (Lipinski definition) is 0. The molecule has 0 radical (unpaired) electrons. The van der Waals surface area contributed by atoms with E-state index in [1.54, 1.807) is 0 Å². The van der Waals surface area contributed by atoms with Gasteiger partial charge in [-0.1, -0.05) is 35.3 Å². The van der Waals surface area contributed by atoms with Crippen molar-refractivity contribution in [3.63, 3.8) is 0 Å². The molecule has 0 saturated heterocycles. The fraction of sp³-hybridized carbons (Fsp3) is 0.571. The molecule has 0 heterocycles.